The fraction of sp³-hybridized carbons (Fsp3) is 0.118. The van der Waals surface area contributed by atoms with Crippen molar-refractivity contribution in [2.24, 2.45) is 0 Å². The van der Waals surface area contributed by atoms with Gasteiger partial charge in [0.15, 0.2) is 0 Å². The molecule has 1 saturated heterocycles. The second-order valence-corrected chi connectivity index (χ2v) is 6.96. The highest BCUT2D eigenvalue weighted by Gasteiger charge is 2.31. The number of rotatable bonds is 4. The number of aromatic nitrogens is 2. The van der Waals surface area contributed by atoms with Gasteiger partial charge in [0, 0.05) is 24.6 Å². The summed E-state index contributed by atoms with van der Waals surface area (Å²) in [5.74, 6) is -0.0540. The van der Waals surface area contributed by atoms with Gasteiger partial charge in [-0.1, -0.05) is 48.3 Å². The van der Waals surface area contributed by atoms with Crippen molar-refractivity contribution in [3.05, 3.63) is 65.6 Å². The van der Waals surface area contributed by atoms with Crippen LogP contribution in [0.15, 0.2) is 60.0 Å². The number of thioether (sulfide) groups is 1. The third-order valence-corrected chi connectivity index (χ3v) is 4.67. The molecule has 3 rings (SSSR count). The van der Waals surface area contributed by atoms with E-state index in [9.17, 15) is 4.79 Å². The molecule has 6 heteroatoms. The highest BCUT2D eigenvalue weighted by molar-refractivity contribution is 8.26. The molecule has 23 heavy (non-hydrogen) atoms. The van der Waals surface area contributed by atoms with Gasteiger partial charge in [0.25, 0.3) is 5.91 Å². The minimum Gasteiger partial charge on any atom is -0.306 e. The maximum absolute atomic E-state index is 12.4. The van der Waals surface area contributed by atoms with Crippen LogP contribution >= 0.6 is 24.0 Å². The Hall–Kier alpha value is -2.18. The normalized spacial score (nSPS) is 16.4. The van der Waals surface area contributed by atoms with E-state index in [4.69, 9.17) is 12.2 Å². The molecule has 4 nitrogen and oxygen atoms in total. The van der Waals surface area contributed by atoms with Gasteiger partial charge in [0.1, 0.15) is 4.32 Å². The first-order valence-electron chi connectivity index (χ1n) is 7.03. The van der Waals surface area contributed by atoms with Crippen LogP contribution in [-0.2, 0) is 4.79 Å². The van der Waals surface area contributed by atoms with E-state index in [0.717, 1.165) is 16.8 Å². The van der Waals surface area contributed by atoms with E-state index in [2.05, 4.69) is 11.6 Å². The Morgan fingerprint density at radius 2 is 2.13 bits per heavy atom. The number of imidazole rings is 1. The first-order chi connectivity index (χ1) is 11.0. The predicted molar refractivity (Wildman–Crippen MR) is 98.3 cm³/mol. The van der Waals surface area contributed by atoms with Gasteiger partial charge in [0.2, 0.25) is 0 Å². The molecule has 2 aromatic rings. The minimum atomic E-state index is -0.0540. The highest BCUT2D eigenvalue weighted by atomic mass is 32.2. The van der Waals surface area contributed by atoms with Crippen molar-refractivity contribution in [3.8, 4) is 5.69 Å². The van der Waals surface area contributed by atoms with Crippen LogP contribution in [0.4, 0.5) is 0 Å². The van der Waals surface area contributed by atoms with Gasteiger partial charge in [-0.25, -0.2) is 4.98 Å². The van der Waals surface area contributed by atoms with Crippen molar-refractivity contribution < 1.29 is 4.79 Å². The van der Waals surface area contributed by atoms with E-state index < -0.39 is 0 Å². The predicted octanol–water partition coefficient (Wildman–Crippen LogP) is 3.65. The Morgan fingerprint density at radius 3 is 2.74 bits per heavy atom. The number of carbonyl (C=O) groups is 1. The molecule has 1 fully saturated rings. The molecule has 0 aliphatic carbocycles. The van der Waals surface area contributed by atoms with Crippen molar-refractivity contribution >= 4 is 40.3 Å². The molecule has 1 amide bonds. The van der Waals surface area contributed by atoms with E-state index in [-0.39, 0.29) is 5.91 Å². The molecule has 0 saturated carbocycles. The number of nitrogens with zero attached hydrogens (tertiary/aromatic N) is 3. The molecular formula is C17H15N3OS2. The maximum atomic E-state index is 12.4. The molecule has 0 N–H and O–H groups in total. The number of hydrogen-bond acceptors (Lipinski definition) is 4. The number of carbonyl (C=O) groups excluding carboxylic acids is 1. The van der Waals surface area contributed by atoms with Gasteiger partial charge >= 0.3 is 0 Å². The molecule has 1 aromatic carbocycles. The lowest BCUT2D eigenvalue weighted by molar-refractivity contribution is -0.121. The van der Waals surface area contributed by atoms with Gasteiger partial charge in [0.05, 0.1) is 11.2 Å². The Balaban J connectivity index is 1.80. The fourth-order valence-electron chi connectivity index (χ4n) is 2.21. The lowest BCUT2D eigenvalue weighted by Crippen LogP contribution is -2.29. The van der Waals surface area contributed by atoms with Crippen molar-refractivity contribution in [2.75, 3.05) is 6.54 Å². The van der Waals surface area contributed by atoms with Crippen LogP contribution < -0.4 is 0 Å². The molecule has 1 aromatic heterocycles. The number of hydrogen-bond donors (Lipinski definition) is 0. The molecule has 0 spiro atoms. The van der Waals surface area contributed by atoms with E-state index in [0.29, 0.717) is 15.8 Å². The third kappa shape index (κ3) is 3.43. The summed E-state index contributed by atoms with van der Waals surface area (Å²) >= 11 is 6.61. The molecule has 0 bridgehead atoms. The second-order valence-electron chi connectivity index (χ2n) is 5.29. The first-order valence-corrected chi connectivity index (χ1v) is 8.25. The van der Waals surface area contributed by atoms with Crippen LogP contribution in [0.5, 0.6) is 0 Å². The zero-order valence-corrected chi connectivity index (χ0v) is 14.2. The first kappa shape index (κ1) is 15.7. The van der Waals surface area contributed by atoms with Crippen LogP contribution in [-0.4, -0.2) is 31.2 Å². The number of thiocarbonyl (C=S) groups is 1. The summed E-state index contributed by atoms with van der Waals surface area (Å²) in [4.78, 5) is 18.7. The van der Waals surface area contributed by atoms with Crippen molar-refractivity contribution in [1.29, 1.82) is 0 Å². The van der Waals surface area contributed by atoms with Crippen LogP contribution in [0, 0.1) is 0 Å². The molecule has 0 radical (unpaired) electrons. The summed E-state index contributed by atoms with van der Waals surface area (Å²) in [5.41, 5.74) is 2.89. The zero-order chi connectivity index (χ0) is 16.4. The lowest BCUT2D eigenvalue weighted by atomic mass is 10.2. The highest BCUT2D eigenvalue weighted by Crippen LogP contribution is 2.32. The van der Waals surface area contributed by atoms with Crippen LogP contribution in [0.2, 0.25) is 0 Å². The maximum Gasteiger partial charge on any atom is 0.266 e. The Kier molecular flexibility index (Phi) is 4.45. The standard InChI is InChI=1S/C17H15N3OS2/c1-12(2)10-20-16(21)15(23-17(20)22)9-13-3-5-14(6-4-13)19-8-7-18-11-19/h3-9,11H,1,10H2,2H3/b15-9-. The summed E-state index contributed by atoms with van der Waals surface area (Å²) in [5, 5.41) is 0. The Bertz CT molecular complexity index is 792. The van der Waals surface area contributed by atoms with E-state index >= 15 is 0 Å². The summed E-state index contributed by atoms with van der Waals surface area (Å²) < 4.78 is 2.51. The number of amides is 1. The van der Waals surface area contributed by atoms with Crippen LogP contribution in [0.25, 0.3) is 11.8 Å². The monoisotopic (exact) mass is 341 g/mol. The SMILES string of the molecule is C=C(C)CN1C(=O)/C(=C/c2ccc(-n3ccnc3)cc2)SC1=S. The summed E-state index contributed by atoms with van der Waals surface area (Å²) in [6, 6.07) is 7.92. The van der Waals surface area contributed by atoms with Gasteiger partial charge < -0.3 is 4.57 Å². The molecule has 1 aliphatic heterocycles. The van der Waals surface area contributed by atoms with Gasteiger partial charge in [-0.15, -0.1) is 0 Å². The molecule has 116 valence electrons. The number of benzene rings is 1. The Morgan fingerprint density at radius 1 is 1.39 bits per heavy atom. The summed E-state index contributed by atoms with van der Waals surface area (Å²) in [7, 11) is 0. The average Bonchev–Trinajstić information content (AvgIpc) is 3.13. The zero-order valence-electron chi connectivity index (χ0n) is 12.6. The second kappa shape index (κ2) is 6.52. The van der Waals surface area contributed by atoms with Crippen molar-refractivity contribution in [2.45, 2.75) is 6.92 Å². The molecule has 1 aliphatic rings. The minimum absolute atomic E-state index is 0.0540. The van der Waals surface area contributed by atoms with Crippen molar-refractivity contribution in [1.82, 2.24) is 14.5 Å². The van der Waals surface area contributed by atoms with Gasteiger partial charge in [-0.2, -0.15) is 0 Å². The van der Waals surface area contributed by atoms with Crippen molar-refractivity contribution in [3.63, 3.8) is 0 Å². The Labute approximate surface area is 144 Å². The fourth-order valence-corrected chi connectivity index (χ4v) is 3.47. The largest absolute Gasteiger partial charge is 0.306 e. The third-order valence-electron chi connectivity index (χ3n) is 3.30. The molecule has 0 unspecified atom stereocenters. The van der Waals surface area contributed by atoms with Gasteiger partial charge in [-0.05, 0) is 30.7 Å². The summed E-state index contributed by atoms with van der Waals surface area (Å²) in [6.07, 6.45) is 7.24. The van der Waals surface area contributed by atoms with E-state index in [1.165, 1.54) is 11.8 Å². The summed E-state index contributed by atoms with van der Waals surface area (Å²) in [6.45, 7) is 6.20. The quantitative estimate of drug-likeness (QED) is 0.483. The molecule has 0 atom stereocenters. The topological polar surface area (TPSA) is 38.1 Å². The van der Waals surface area contributed by atoms with E-state index in [1.54, 1.807) is 17.4 Å². The molecule has 2 heterocycles. The smallest absolute Gasteiger partial charge is 0.266 e. The lowest BCUT2D eigenvalue weighted by Gasteiger charge is -2.13. The van der Waals surface area contributed by atoms with Gasteiger partial charge in [-0.3, -0.25) is 9.69 Å². The van der Waals surface area contributed by atoms with Crippen LogP contribution in [0.3, 0.4) is 0 Å². The van der Waals surface area contributed by atoms with E-state index in [1.807, 2.05) is 48.0 Å². The average molecular weight is 341 g/mol. The van der Waals surface area contributed by atoms with Crippen LogP contribution in [0.1, 0.15) is 12.5 Å². The molecular weight excluding hydrogens is 326 g/mol.